The van der Waals surface area contributed by atoms with Crippen molar-refractivity contribution < 1.29 is 0 Å². The average Bonchev–Trinajstić information content (AvgIpc) is 2.32. The molecule has 1 aliphatic rings. The molecule has 0 spiro atoms. The number of para-hydroxylation sites is 1. The van der Waals surface area contributed by atoms with Crippen LogP contribution in [0.2, 0.25) is 0 Å². The maximum absolute atomic E-state index is 9.07. The lowest BCUT2D eigenvalue weighted by Crippen LogP contribution is -2.46. The summed E-state index contributed by atoms with van der Waals surface area (Å²) in [6, 6.07) is 10.3. The van der Waals surface area contributed by atoms with Crippen molar-refractivity contribution in [2.45, 2.75) is 19.4 Å². The highest BCUT2D eigenvalue weighted by atomic mass is 15.1. The summed E-state index contributed by atoms with van der Waals surface area (Å²) in [5, 5.41) is 9.07. The Morgan fingerprint density at radius 2 is 2.19 bits per heavy atom. The van der Waals surface area contributed by atoms with Crippen LogP contribution in [-0.4, -0.2) is 19.1 Å². The molecule has 1 heterocycles. The summed E-state index contributed by atoms with van der Waals surface area (Å²) in [4.78, 5) is 2.27. The molecular weight excluding hydrogens is 198 g/mol. The Kier molecular flexibility index (Phi) is 3.12. The number of anilines is 1. The first kappa shape index (κ1) is 11.0. The van der Waals surface area contributed by atoms with Crippen molar-refractivity contribution in [1.82, 2.24) is 0 Å². The van der Waals surface area contributed by atoms with Gasteiger partial charge >= 0.3 is 0 Å². The molecule has 1 fully saturated rings. The van der Waals surface area contributed by atoms with E-state index in [2.05, 4.69) is 17.9 Å². The first-order valence-electron chi connectivity index (χ1n) is 5.72. The summed E-state index contributed by atoms with van der Waals surface area (Å²) in [6.45, 7) is 4.07. The van der Waals surface area contributed by atoms with Gasteiger partial charge in [0, 0.05) is 19.1 Å². The molecule has 0 bridgehead atoms. The van der Waals surface area contributed by atoms with Crippen LogP contribution in [0.15, 0.2) is 24.3 Å². The summed E-state index contributed by atoms with van der Waals surface area (Å²) in [6.07, 6.45) is 1.00. The van der Waals surface area contributed by atoms with Gasteiger partial charge < -0.3 is 10.6 Å². The predicted octanol–water partition coefficient (Wildman–Crippen LogP) is 1.73. The molecule has 1 aliphatic heterocycles. The molecule has 0 radical (unpaired) electrons. The molecule has 3 nitrogen and oxygen atoms in total. The van der Waals surface area contributed by atoms with Gasteiger partial charge in [-0.05, 0) is 24.5 Å². The van der Waals surface area contributed by atoms with Crippen molar-refractivity contribution in [2.24, 2.45) is 11.7 Å². The third kappa shape index (κ3) is 2.02. The fraction of sp³-hybridized carbons (Fsp3) is 0.462. The number of hydrogen-bond donors (Lipinski definition) is 1. The van der Waals surface area contributed by atoms with Gasteiger partial charge in [-0.25, -0.2) is 0 Å². The van der Waals surface area contributed by atoms with Crippen molar-refractivity contribution in [3.05, 3.63) is 29.8 Å². The van der Waals surface area contributed by atoms with Crippen LogP contribution in [0.4, 0.5) is 5.69 Å². The summed E-state index contributed by atoms with van der Waals surface area (Å²) in [5.74, 6) is 0.487. The van der Waals surface area contributed by atoms with E-state index in [-0.39, 0.29) is 0 Å². The summed E-state index contributed by atoms with van der Waals surface area (Å²) >= 11 is 0. The monoisotopic (exact) mass is 215 g/mol. The van der Waals surface area contributed by atoms with E-state index < -0.39 is 0 Å². The Bertz CT molecular complexity index is 408. The minimum Gasteiger partial charge on any atom is -0.370 e. The zero-order valence-corrected chi connectivity index (χ0v) is 9.56. The quantitative estimate of drug-likeness (QED) is 0.776. The number of hydrogen-bond acceptors (Lipinski definition) is 3. The highest BCUT2D eigenvalue weighted by Gasteiger charge is 2.24. The number of benzene rings is 1. The zero-order valence-electron chi connectivity index (χ0n) is 9.56. The SMILES string of the molecule is C[C@@H]1CN(c2ccccc2C#N)CC[C@@H]1N. The second kappa shape index (κ2) is 4.54. The third-order valence-electron chi connectivity index (χ3n) is 3.34. The highest BCUT2D eigenvalue weighted by molar-refractivity contribution is 5.59. The first-order chi connectivity index (χ1) is 7.72. The van der Waals surface area contributed by atoms with E-state index in [9.17, 15) is 0 Å². The fourth-order valence-electron chi connectivity index (χ4n) is 2.23. The molecule has 0 unspecified atom stereocenters. The Balaban J connectivity index is 2.22. The molecule has 2 atom stereocenters. The van der Waals surface area contributed by atoms with Crippen LogP contribution in [0.3, 0.4) is 0 Å². The molecule has 0 amide bonds. The zero-order chi connectivity index (χ0) is 11.5. The topological polar surface area (TPSA) is 53.0 Å². The van der Waals surface area contributed by atoms with Crippen molar-refractivity contribution in [3.8, 4) is 6.07 Å². The molecule has 0 aliphatic carbocycles. The lowest BCUT2D eigenvalue weighted by atomic mass is 9.94. The average molecular weight is 215 g/mol. The van der Waals surface area contributed by atoms with Gasteiger partial charge in [-0.1, -0.05) is 19.1 Å². The molecule has 0 aromatic heterocycles. The molecule has 1 aromatic rings. The number of rotatable bonds is 1. The van der Waals surface area contributed by atoms with Crippen molar-refractivity contribution in [1.29, 1.82) is 5.26 Å². The van der Waals surface area contributed by atoms with Crippen LogP contribution in [0.1, 0.15) is 18.9 Å². The number of piperidine rings is 1. The second-order valence-electron chi connectivity index (χ2n) is 4.50. The second-order valence-corrected chi connectivity index (χ2v) is 4.50. The Morgan fingerprint density at radius 1 is 1.44 bits per heavy atom. The predicted molar refractivity (Wildman–Crippen MR) is 65.1 cm³/mol. The summed E-state index contributed by atoms with van der Waals surface area (Å²) in [5.41, 5.74) is 7.80. The Hall–Kier alpha value is -1.53. The van der Waals surface area contributed by atoms with Crippen LogP contribution < -0.4 is 10.6 Å². The normalized spacial score (nSPS) is 25.2. The number of nitriles is 1. The standard InChI is InChI=1S/C13H17N3/c1-10-9-16(7-6-12(10)15)13-5-3-2-4-11(13)8-14/h2-5,10,12H,6-7,9,15H2,1H3/t10-,12+/m1/s1. The van der Waals surface area contributed by atoms with Gasteiger partial charge in [0.15, 0.2) is 0 Å². The van der Waals surface area contributed by atoms with Gasteiger partial charge in [0.2, 0.25) is 0 Å². The van der Waals surface area contributed by atoms with Gasteiger partial charge in [-0.3, -0.25) is 0 Å². The van der Waals surface area contributed by atoms with Crippen LogP contribution >= 0.6 is 0 Å². The van der Waals surface area contributed by atoms with Crippen molar-refractivity contribution in [3.63, 3.8) is 0 Å². The van der Waals surface area contributed by atoms with E-state index in [0.717, 1.165) is 30.8 Å². The van der Waals surface area contributed by atoms with Crippen molar-refractivity contribution in [2.75, 3.05) is 18.0 Å². The molecule has 1 saturated heterocycles. The van der Waals surface area contributed by atoms with E-state index in [1.54, 1.807) is 0 Å². The number of nitrogens with two attached hydrogens (primary N) is 1. The van der Waals surface area contributed by atoms with Gasteiger partial charge in [0.25, 0.3) is 0 Å². The molecule has 3 heteroatoms. The summed E-state index contributed by atoms with van der Waals surface area (Å²) < 4.78 is 0. The van der Waals surface area contributed by atoms with E-state index in [1.807, 2.05) is 24.3 Å². The fourth-order valence-corrected chi connectivity index (χ4v) is 2.23. The summed E-state index contributed by atoms with van der Waals surface area (Å²) in [7, 11) is 0. The van der Waals surface area contributed by atoms with Crippen molar-refractivity contribution >= 4 is 5.69 Å². The van der Waals surface area contributed by atoms with E-state index in [0.29, 0.717) is 12.0 Å². The van der Waals surface area contributed by atoms with Crippen LogP contribution in [-0.2, 0) is 0 Å². The molecular formula is C13H17N3. The molecule has 2 N–H and O–H groups in total. The maximum Gasteiger partial charge on any atom is 0.101 e. The molecule has 0 saturated carbocycles. The van der Waals surface area contributed by atoms with Gasteiger partial charge in [-0.15, -0.1) is 0 Å². The third-order valence-corrected chi connectivity index (χ3v) is 3.34. The maximum atomic E-state index is 9.07. The largest absolute Gasteiger partial charge is 0.370 e. The minimum atomic E-state index is 0.297. The smallest absolute Gasteiger partial charge is 0.101 e. The Labute approximate surface area is 96.5 Å². The van der Waals surface area contributed by atoms with Gasteiger partial charge in [-0.2, -0.15) is 5.26 Å². The molecule has 2 rings (SSSR count). The molecule has 16 heavy (non-hydrogen) atoms. The first-order valence-corrected chi connectivity index (χ1v) is 5.72. The molecule has 1 aromatic carbocycles. The van der Waals surface area contributed by atoms with Crippen LogP contribution in [0.25, 0.3) is 0 Å². The lowest BCUT2D eigenvalue weighted by Gasteiger charge is -2.36. The van der Waals surface area contributed by atoms with Crippen LogP contribution in [0, 0.1) is 17.2 Å². The Morgan fingerprint density at radius 3 is 2.88 bits per heavy atom. The number of nitrogens with zero attached hydrogens (tertiary/aromatic N) is 2. The minimum absolute atomic E-state index is 0.297. The van der Waals surface area contributed by atoms with E-state index >= 15 is 0 Å². The van der Waals surface area contributed by atoms with Crippen LogP contribution in [0.5, 0.6) is 0 Å². The molecule has 84 valence electrons. The van der Waals surface area contributed by atoms with Gasteiger partial charge in [0.05, 0.1) is 11.3 Å². The van der Waals surface area contributed by atoms with E-state index in [1.165, 1.54) is 0 Å². The van der Waals surface area contributed by atoms with E-state index in [4.69, 9.17) is 11.0 Å². The highest BCUT2D eigenvalue weighted by Crippen LogP contribution is 2.25. The van der Waals surface area contributed by atoms with Gasteiger partial charge in [0.1, 0.15) is 6.07 Å². The lowest BCUT2D eigenvalue weighted by molar-refractivity contribution is 0.383.